The topological polar surface area (TPSA) is 55.6 Å². The first kappa shape index (κ1) is 17.4. The van der Waals surface area contributed by atoms with Crippen LogP contribution in [0.3, 0.4) is 0 Å². The molecule has 1 heterocycles. The Hall–Kier alpha value is -3.41. The molecule has 0 bridgehead atoms. The second-order valence-corrected chi connectivity index (χ2v) is 5.69. The maximum atomic E-state index is 13.1. The third-order valence-electron chi connectivity index (χ3n) is 3.85. The summed E-state index contributed by atoms with van der Waals surface area (Å²) in [6.07, 6.45) is 3.46. The lowest BCUT2D eigenvalue weighted by molar-refractivity contribution is 0.0954. The fourth-order valence-corrected chi connectivity index (χ4v) is 2.55. The molecule has 6 heteroatoms. The monoisotopic (exact) mass is 351 g/mol. The van der Waals surface area contributed by atoms with Crippen LogP contribution in [-0.4, -0.2) is 23.8 Å². The number of nitrogens with one attached hydrogen (secondary N) is 1. The van der Waals surface area contributed by atoms with E-state index in [2.05, 4.69) is 10.5 Å². The van der Waals surface area contributed by atoms with Crippen molar-refractivity contribution in [2.75, 3.05) is 7.11 Å². The number of hydrogen-bond donors (Lipinski definition) is 1. The summed E-state index contributed by atoms with van der Waals surface area (Å²) in [5.74, 6) is -0.138. The van der Waals surface area contributed by atoms with Gasteiger partial charge in [0, 0.05) is 28.7 Å². The molecule has 0 saturated carbocycles. The van der Waals surface area contributed by atoms with E-state index in [1.165, 1.54) is 18.2 Å². The molecule has 0 fully saturated rings. The van der Waals surface area contributed by atoms with Gasteiger partial charge in [0.2, 0.25) is 0 Å². The summed E-state index contributed by atoms with van der Waals surface area (Å²) in [6.45, 7) is 1.98. The number of hydrazone groups is 1. The highest BCUT2D eigenvalue weighted by Crippen LogP contribution is 2.18. The molecule has 5 nitrogen and oxygen atoms in total. The molecule has 3 rings (SSSR count). The van der Waals surface area contributed by atoms with Crippen molar-refractivity contribution in [3.63, 3.8) is 0 Å². The highest BCUT2D eigenvalue weighted by molar-refractivity contribution is 5.94. The Kier molecular flexibility index (Phi) is 5.12. The van der Waals surface area contributed by atoms with Crippen LogP contribution in [0, 0.1) is 12.7 Å². The average molecular weight is 351 g/mol. The van der Waals surface area contributed by atoms with Gasteiger partial charge in [-0.15, -0.1) is 0 Å². The average Bonchev–Trinajstić information content (AvgIpc) is 3.02. The lowest BCUT2D eigenvalue weighted by atomic mass is 10.2. The fraction of sp³-hybridized carbons (Fsp3) is 0.100. The molecular formula is C20H18FN3O2. The van der Waals surface area contributed by atoms with Crippen LogP contribution >= 0.6 is 0 Å². The molecule has 1 amide bonds. The van der Waals surface area contributed by atoms with Crippen molar-refractivity contribution in [1.29, 1.82) is 0 Å². The third-order valence-corrected chi connectivity index (χ3v) is 3.85. The summed E-state index contributed by atoms with van der Waals surface area (Å²) >= 11 is 0. The second-order valence-electron chi connectivity index (χ2n) is 5.69. The zero-order valence-corrected chi connectivity index (χ0v) is 14.4. The first-order valence-electron chi connectivity index (χ1n) is 7.99. The van der Waals surface area contributed by atoms with E-state index >= 15 is 0 Å². The van der Waals surface area contributed by atoms with Crippen molar-refractivity contribution in [2.24, 2.45) is 5.10 Å². The van der Waals surface area contributed by atoms with Crippen LogP contribution in [-0.2, 0) is 0 Å². The number of halogens is 1. The maximum Gasteiger partial charge on any atom is 0.271 e. The summed E-state index contributed by atoms with van der Waals surface area (Å²) in [5, 5.41) is 3.94. The van der Waals surface area contributed by atoms with E-state index in [-0.39, 0.29) is 5.56 Å². The van der Waals surface area contributed by atoms with Gasteiger partial charge in [-0.1, -0.05) is 6.07 Å². The number of aryl methyl sites for hydroxylation is 1. The van der Waals surface area contributed by atoms with Crippen molar-refractivity contribution in [2.45, 2.75) is 6.92 Å². The lowest BCUT2D eigenvalue weighted by Gasteiger charge is -2.06. The predicted octanol–water partition coefficient (Wildman–Crippen LogP) is 3.70. The van der Waals surface area contributed by atoms with Gasteiger partial charge in [-0.3, -0.25) is 4.79 Å². The van der Waals surface area contributed by atoms with Crippen LogP contribution in [0.2, 0.25) is 0 Å². The molecule has 2 aromatic carbocycles. The van der Waals surface area contributed by atoms with Crippen LogP contribution < -0.4 is 10.2 Å². The number of rotatable bonds is 5. The van der Waals surface area contributed by atoms with E-state index in [0.29, 0.717) is 0 Å². The van der Waals surface area contributed by atoms with Crippen LogP contribution in [0.5, 0.6) is 5.75 Å². The number of amides is 1. The van der Waals surface area contributed by atoms with Gasteiger partial charge in [-0.25, -0.2) is 9.82 Å². The van der Waals surface area contributed by atoms with E-state index < -0.39 is 11.7 Å². The van der Waals surface area contributed by atoms with Gasteiger partial charge in [0.15, 0.2) is 0 Å². The Bertz CT molecular complexity index is 946. The van der Waals surface area contributed by atoms with Gasteiger partial charge >= 0.3 is 0 Å². The molecule has 1 N–H and O–H groups in total. The van der Waals surface area contributed by atoms with E-state index in [4.69, 9.17) is 4.74 Å². The quantitative estimate of drug-likeness (QED) is 0.563. The third kappa shape index (κ3) is 3.97. The SMILES string of the molecule is COc1ccc(-n2cc(/C=N\NC(=O)c3cccc(F)c3)cc2C)cc1. The summed E-state index contributed by atoms with van der Waals surface area (Å²) in [5.41, 5.74) is 5.46. The van der Waals surface area contributed by atoms with Gasteiger partial charge in [-0.05, 0) is 55.5 Å². The number of aromatic nitrogens is 1. The molecule has 0 spiro atoms. The summed E-state index contributed by atoms with van der Waals surface area (Å²) in [7, 11) is 1.63. The second kappa shape index (κ2) is 7.65. The van der Waals surface area contributed by atoms with E-state index in [9.17, 15) is 9.18 Å². The molecular weight excluding hydrogens is 333 g/mol. The minimum absolute atomic E-state index is 0.217. The molecule has 0 radical (unpaired) electrons. The van der Waals surface area contributed by atoms with E-state index in [0.717, 1.165) is 28.8 Å². The minimum Gasteiger partial charge on any atom is -0.497 e. The van der Waals surface area contributed by atoms with Crippen molar-refractivity contribution < 1.29 is 13.9 Å². The smallest absolute Gasteiger partial charge is 0.271 e. The zero-order chi connectivity index (χ0) is 18.5. The van der Waals surface area contributed by atoms with E-state index in [1.807, 2.05) is 48.0 Å². The predicted molar refractivity (Wildman–Crippen MR) is 98.5 cm³/mol. The molecule has 0 aliphatic heterocycles. The zero-order valence-electron chi connectivity index (χ0n) is 14.4. The molecule has 0 aliphatic carbocycles. The first-order chi connectivity index (χ1) is 12.6. The molecule has 0 saturated heterocycles. The number of nitrogens with zero attached hydrogens (tertiary/aromatic N) is 2. The first-order valence-corrected chi connectivity index (χ1v) is 7.99. The van der Waals surface area contributed by atoms with Crippen LogP contribution in [0.1, 0.15) is 21.6 Å². The maximum absolute atomic E-state index is 13.1. The molecule has 26 heavy (non-hydrogen) atoms. The van der Waals surface area contributed by atoms with Crippen molar-refractivity contribution >= 4 is 12.1 Å². The number of benzene rings is 2. The van der Waals surface area contributed by atoms with Gasteiger partial charge in [0.1, 0.15) is 11.6 Å². The van der Waals surface area contributed by atoms with Crippen molar-refractivity contribution in [3.8, 4) is 11.4 Å². The Morgan fingerprint density at radius 1 is 1.19 bits per heavy atom. The van der Waals surface area contributed by atoms with Gasteiger partial charge < -0.3 is 9.30 Å². The van der Waals surface area contributed by atoms with Crippen molar-refractivity contribution in [3.05, 3.63) is 83.4 Å². The number of hydrogen-bond acceptors (Lipinski definition) is 3. The van der Waals surface area contributed by atoms with Crippen molar-refractivity contribution in [1.82, 2.24) is 9.99 Å². The Morgan fingerprint density at radius 3 is 2.65 bits per heavy atom. The number of carbonyl (C=O) groups is 1. The molecule has 0 unspecified atom stereocenters. The molecule has 0 aliphatic rings. The Balaban J connectivity index is 1.70. The van der Waals surface area contributed by atoms with Gasteiger partial charge in [0.25, 0.3) is 5.91 Å². The summed E-state index contributed by atoms with van der Waals surface area (Å²) in [4.78, 5) is 11.9. The minimum atomic E-state index is -0.466. The number of ether oxygens (including phenoxy) is 1. The van der Waals surface area contributed by atoms with E-state index in [1.54, 1.807) is 13.3 Å². The number of methoxy groups -OCH3 is 1. The molecule has 132 valence electrons. The summed E-state index contributed by atoms with van der Waals surface area (Å²) in [6, 6.07) is 15.1. The molecule has 1 aromatic heterocycles. The number of carbonyl (C=O) groups excluding carboxylic acids is 1. The van der Waals surface area contributed by atoms with Gasteiger partial charge in [-0.2, -0.15) is 5.10 Å². The Labute approximate surface area is 150 Å². The normalized spacial score (nSPS) is 10.9. The van der Waals surface area contributed by atoms with Gasteiger partial charge in [0.05, 0.1) is 13.3 Å². The standard InChI is InChI=1S/C20H18FN3O2/c1-14-10-15(13-24(14)18-6-8-19(26-2)9-7-18)12-22-23-20(25)16-4-3-5-17(21)11-16/h3-13H,1-2H3,(H,23,25)/b22-12-. The molecule has 0 atom stereocenters. The lowest BCUT2D eigenvalue weighted by Crippen LogP contribution is -2.17. The largest absolute Gasteiger partial charge is 0.497 e. The van der Waals surface area contributed by atoms with Crippen LogP contribution in [0.15, 0.2) is 65.9 Å². The highest BCUT2D eigenvalue weighted by Gasteiger charge is 2.06. The van der Waals surface area contributed by atoms with Crippen LogP contribution in [0.4, 0.5) is 4.39 Å². The van der Waals surface area contributed by atoms with Crippen LogP contribution in [0.25, 0.3) is 5.69 Å². The molecule has 3 aromatic rings. The summed E-state index contributed by atoms with van der Waals surface area (Å²) < 4.78 is 20.3. The highest BCUT2D eigenvalue weighted by atomic mass is 19.1. The fourth-order valence-electron chi connectivity index (χ4n) is 2.55. The Morgan fingerprint density at radius 2 is 1.96 bits per heavy atom.